The monoisotopic (exact) mass is 370 g/mol. The number of halogens is 2. The van der Waals surface area contributed by atoms with Crippen molar-refractivity contribution >= 4 is 23.0 Å². The van der Waals surface area contributed by atoms with Crippen LogP contribution >= 0.6 is 0 Å². The predicted octanol–water partition coefficient (Wildman–Crippen LogP) is 3.12. The Kier molecular flexibility index (Phi) is 4.18. The molecule has 0 saturated carbocycles. The Morgan fingerprint density at radius 3 is 2.93 bits per heavy atom. The quantitative estimate of drug-likeness (QED) is 0.738. The molecular formula is C19H20F2N6. The molecule has 1 fully saturated rings. The van der Waals surface area contributed by atoms with Gasteiger partial charge in [-0.25, -0.2) is 18.3 Å². The third-order valence-corrected chi connectivity index (χ3v) is 4.97. The van der Waals surface area contributed by atoms with Gasteiger partial charge in [-0.15, -0.1) is 5.10 Å². The predicted molar refractivity (Wildman–Crippen MR) is 101 cm³/mol. The van der Waals surface area contributed by atoms with Gasteiger partial charge in [0.05, 0.1) is 11.6 Å². The van der Waals surface area contributed by atoms with Gasteiger partial charge in [-0.05, 0) is 37.1 Å². The van der Waals surface area contributed by atoms with Gasteiger partial charge in [-0.1, -0.05) is 6.58 Å². The minimum atomic E-state index is -0.446. The summed E-state index contributed by atoms with van der Waals surface area (Å²) < 4.78 is 29.6. The summed E-state index contributed by atoms with van der Waals surface area (Å²) in [4.78, 5) is 6.70. The molecule has 0 spiro atoms. The number of nitrogens with one attached hydrogen (secondary N) is 1. The van der Waals surface area contributed by atoms with Crippen molar-refractivity contribution in [2.45, 2.75) is 18.9 Å². The second-order valence-electron chi connectivity index (χ2n) is 6.56. The molecular weight excluding hydrogens is 350 g/mol. The van der Waals surface area contributed by atoms with E-state index >= 15 is 0 Å². The average molecular weight is 370 g/mol. The smallest absolute Gasteiger partial charge is 0.168 e. The second kappa shape index (κ2) is 6.53. The third kappa shape index (κ3) is 2.87. The van der Waals surface area contributed by atoms with Crippen molar-refractivity contribution in [3.63, 3.8) is 0 Å². The van der Waals surface area contributed by atoms with Gasteiger partial charge in [0, 0.05) is 31.0 Å². The van der Waals surface area contributed by atoms with E-state index in [-0.39, 0.29) is 6.04 Å². The molecule has 0 amide bonds. The summed E-state index contributed by atoms with van der Waals surface area (Å²) in [7, 11) is 1.75. The Balaban J connectivity index is 1.79. The summed E-state index contributed by atoms with van der Waals surface area (Å²) in [5, 5.41) is 7.22. The highest BCUT2D eigenvalue weighted by Gasteiger charge is 2.30. The lowest BCUT2D eigenvalue weighted by atomic mass is 10.0. The first-order chi connectivity index (χ1) is 13.0. The van der Waals surface area contributed by atoms with Gasteiger partial charge in [0.2, 0.25) is 0 Å². The van der Waals surface area contributed by atoms with Crippen LogP contribution in [0, 0.1) is 11.6 Å². The standard InChI is InChI=1S/C19H20F2N6/c1-11(23-2)17-18(22)25-27-9-7-16(24-19(17)27)26-8-3-4-15(26)13-10-12(20)5-6-14(13)21/h5-7,9-10,15,23H,1,3-4,8H2,2H3,(H2,22,25)/t15-/m1/s1. The van der Waals surface area contributed by atoms with E-state index in [1.807, 2.05) is 4.90 Å². The zero-order valence-corrected chi connectivity index (χ0v) is 14.9. The first-order valence-corrected chi connectivity index (χ1v) is 8.73. The van der Waals surface area contributed by atoms with Crippen LogP contribution in [0.1, 0.15) is 30.0 Å². The maximum atomic E-state index is 14.3. The Labute approximate surface area is 155 Å². The average Bonchev–Trinajstić information content (AvgIpc) is 3.26. The largest absolute Gasteiger partial charge is 0.388 e. The fraction of sp³-hybridized carbons (Fsp3) is 0.263. The molecule has 4 rings (SSSR count). The van der Waals surface area contributed by atoms with Crippen molar-refractivity contribution in [3.8, 4) is 0 Å². The number of hydrogen-bond donors (Lipinski definition) is 2. The van der Waals surface area contributed by atoms with Gasteiger partial charge in [-0.3, -0.25) is 0 Å². The number of nitrogen functional groups attached to an aromatic ring is 1. The molecule has 1 aliphatic rings. The topological polar surface area (TPSA) is 71.5 Å². The lowest BCUT2D eigenvalue weighted by Crippen LogP contribution is -2.24. The summed E-state index contributed by atoms with van der Waals surface area (Å²) in [6, 6.07) is 5.10. The molecule has 1 atom stereocenters. The van der Waals surface area contributed by atoms with Crippen LogP contribution < -0.4 is 16.0 Å². The van der Waals surface area contributed by atoms with E-state index in [9.17, 15) is 8.78 Å². The Hall–Kier alpha value is -3.16. The maximum Gasteiger partial charge on any atom is 0.168 e. The number of hydrogen-bond acceptors (Lipinski definition) is 5. The summed E-state index contributed by atoms with van der Waals surface area (Å²) in [6.45, 7) is 4.65. The molecule has 140 valence electrons. The van der Waals surface area contributed by atoms with Crippen LogP contribution in [0.2, 0.25) is 0 Å². The van der Waals surface area contributed by atoms with Gasteiger partial charge in [0.1, 0.15) is 17.5 Å². The zero-order chi connectivity index (χ0) is 19.1. The van der Waals surface area contributed by atoms with Crippen LogP contribution in [-0.2, 0) is 0 Å². The molecule has 3 aromatic rings. The molecule has 0 bridgehead atoms. The summed E-state index contributed by atoms with van der Waals surface area (Å²) in [5.41, 5.74) is 8.17. The maximum absolute atomic E-state index is 14.3. The number of rotatable bonds is 4. The van der Waals surface area contributed by atoms with E-state index in [1.54, 1.807) is 23.8 Å². The van der Waals surface area contributed by atoms with E-state index in [0.717, 1.165) is 18.9 Å². The Bertz CT molecular complexity index is 1030. The van der Waals surface area contributed by atoms with Gasteiger partial charge in [0.25, 0.3) is 0 Å². The van der Waals surface area contributed by atoms with Crippen LogP contribution in [0.15, 0.2) is 37.0 Å². The minimum Gasteiger partial charge on any atom is -0.388 e. The van der Waals surface area contributed by atoms with Crippen molar-refractivity contribution in [2.24, 2.45) is 0 Å². The normalized spacial score (nSPS) is 16.9. The van der Waals surface area contributed by atoms with E-state index in [4.69, 9.17) is 10.7 Å². The lowest BCUT2D eigenvalue weighted by Gasteiger charge is -2.26. The highest BCUT2D eigenvalue weighted by Crippen LogP contribution is 2.37. The SMILES string of the molecule is C=C(NC)c1c(N)nn2ccc(N3CCC[C@@H]3c3cc(F)ccc3F)nc12. The van der Waals surface area contributed by atoms with E-state index in [1.165, 1.54) is 12.1 Å². The first-order valence-electron chi connectivity index (χ1n) is 8.73. The lowest BCUT2D eigenvalue weighted by molar-refractivity contribution is 0.560. The molecule has 1 saturated heterocycles. The van der Waals surface area contributed by atoms with Crippen molar-refractivity contribution < 1.29 is 8.78 Å². The van der Waals surface area contributed by atoms with Crippen molar-refractivity contribution in [2.75, 3.05) is 24.2 Å². The summed E-state index contributed by atoms with van der Waals surface area (Å²) in [6.07, 6.45) is 3.35. The summed E-state index contributed by atoms with van der Waals surface area (Å²) in [5.74, 6) is 0.136. The molecule has 0 unspecified atom stereocenters. The fourth-order valence-electron chi connectivity index (χ4n) is 3.65. The van der Waals surface area contributed by atoms with Gasteiger partial charge < -0.3 is 16.0 Å². The van der Waals surface area contributed by atoms with E-state index < -0.39 is 11.6 Å². The third-order valence-electron chi connectivity index (χ3n) is 4.97. The molecule has 0 aliphatic carbocycles. The second-order valence-corrected chi connectivity index (χ2v) is 6.56. The van der Waals surface area contributed by atoms with Crippen LogP contribution in [0.25, 0.3) is 11.3 Å². The number of nitrogens with two attached hydrogens (primary N) is 1. The molecule has 2 aromatic heterocycles. The van der Waals surface area contributed by atoms with E-state index in [2.05, 4.69) is 17.0 Å². The highest BCUT2D eigenvalue weighted by atomic mass is 19.1. The number of fused-ring (bicyclic) bond motifs is 1. The summed E-state index contributed by atoms with van der Waals surface area (Å²) >= 11 is 0. The molecule has 0 radical (unpaired) electrons. The molecule has 6 nitrogen and oxygen atoms in total. The van der Waals surface area contributed by atoms with E-state index in [0.29, 0.717) is 40.7 Å². The van der Waals surface area contributed by atoms with Crippen molar-refractivity contribution in [1.29, 1.82) is 0 Å². The van der Waals surface area contributed by atoms with Gasteiger partial charge in [-0.2, -0.15) is 0 Å². The number of benzene rings is 1. The Morgan fingerprint density at radius 2 is 2.15 bits per heavy atom. The molecule has 3 N–H and O–H groups in total. The molecule has 3 heterocycles. The van der Waals surface area contributed by atoms with Gasteiger partial charge >= 0.3 is 0 Å². The van der Waals surface area contributed by atoms with Crippen LogP contribution in [-0.4, -0.2) is 28.2 Å². The molecule has 27 heavy (non-hydrogen) atoms. The highest BCUT2D eigenvalue weighted by molar-refractivity contribution is 5.81. The zero-order valence-electron chi connectivity index (χ0n) is 14.9. The number of aromatic nitrogens is 3. The van der Waals surface area contributed by atoms with Gasteiger partial charge in [0.15, 0.2) is 11.5 Å². The fourth-order valence-corrected chi connectivity index (χ4v) is 3.65. The van der Waals surface area contributed by atoms with Crippen LogP contribution in [0.3, 0.4) is 0 Å². The molecule has 1 aromatic carbocycles. The minimum absolute atomic E-state index is 0.271. The van der Waals surface area contributed by atoms with Crippen LogP contribution in [0.5, 0.6) is 0 Å². The first kappa shape index (κ1) is 17.3. The molecule has 8 heteroatoms. The molecule has 1 aliphatic heterocycles. The Morgan fingerprint density at radius 1 is 1.33 bits per heavy atom. The van der Waals surface area contributed by atoms with Crippen molar-refractivity contribution in [1.82, 2.24) is 19.9 Å². The van der Waals surface area contributed by atoms with Crippen molar-refractivity contribution in [3.05, 3.63) is 59.8 Å². The number of anilines is 2. The van der Waals surface area contributed by atoms with Crippen LogP contribution in [0.4, 0.5) is 20.4 Å². The number of nitrogens with zero attached hydrogens (tertiary/aromatic N) is 4.